The fourth-order valence-corrected chi connectivity index (χ4v) is 3.74. The van der Waals surface area contributed by atoms with E-state index < -0.39 is 0 Å². The first-order chi connectivity index (χ1) is 13.1. The number of nitrogens with zero attached hydrogens (tertiary/aromatic N) is 3. The molecule has 1 aliphatic rings. The predicted octanol–water partition coefficient (Wildman–Crippen LogP) is 3.61. The number of nitrogens with one attached hydrogen (secondary N) is 1. The van der Waals surface area contributed by atoms with Gasteiger partial charge in [0.15, 0.2) is 0 Å². The number of hydrogen-bond acceptors (Lipinski definition) is 3. The van der Waals surface area contributed by atoms with Crippen molar-refractivity contribution in [2.45, 2.75) is 26.8 Å². The van der Waals surface area contributed by atoms with Gasteiger partial charge in [0.05, 0.1) is 18.3 Å². The summed E-state index contributed by atoms with van der Waals surface area (Å²) >= 11 is 0. The summed E-state index contributed by atoms with van der Waals surface area (Å²) in [6.07, 6.45) is 2.90. The smallest absolute Gasteiger partial charge is 0.241 e. The van der Waals surface area contributed by atoms with Crippen molar-refractivity contribution in [2.24, 2.45) is 5.92 Å². The molecule has 3 aromatic rings. The average molecular weight is 362 g/mol. The standard InChI is InChI=1S/C22H26N4O/c1-16(2)11-17-3-5-18(6-4-17)14-25-9-10-26(22(27)15-25)20-7-8-21-19(12-20)13-23-24-21/h3-8,12-13,16H,9-11,14-15H2,1-2H3,(H,23,24). The molecule has 0 aliphatic carbocycles. The van der Waals surface area contributed by atoms with Crippen LogP contribution in [-0.2, 0) is 17.8 Å². The van der Waals surface area contributed by atoms with Crippen molar-refractivity contribution in [3.05, 3.63) is 59.8 Å². The van der Waals surface area contributed by atoms with Crippen molar-refractivity contribution < 1.29 is 4.79 Å². The second-order valence-corrected chi connectivity index (χ2v) is 7.81. The molecule has 1 fully saturated rings. The zero-order chi connectivity index (χ0) is 18.8. The van der Waals surface area contributed by atoms with Crippen molar-refractivity contribution in [3.8, 4) is 0 Å². The molecule has 1 amide bonds. The minimum Gasteiger partial charge on any atom is -0.310 e. The van der Waals surface area contributed by atoms with E-state index in [0.29, 0.717) is 19.0 Å². The number of amides is 1. The number of H-pyrrole nitrogens is 1. The Kier molecular flexibility index (Phi) is 4.94. The summed E-state index contributed by atoms with van der Waals surface area (Å²) < 4.78 is 0. The van der Waals surface area contributed by atoms with Gasteiger partial charge in [-0.05, 0) is 41.7 Å². The molecular formula is C22H26N4O. The minimum atomic E-state index is 0.153. The van der Waals surface area contributed by atoms with Gasteiger partial charge >= 0.3 is 0 Å². The number of anilines is 1. The molecule has 1 saturated heterocycles. The molecule has 0 radical (unpaired) electrons. The number of benzene rings is 2. The minimum absolute atomic E-state index is 0.153. The summed E-state index contributed by atoms with van der Waals surface area (Å²) in [5.74, 6) is 0.823. The number of aromatic nitrogens is 2. The zero-order valence-corrected chi connectivity index (χ0v) is 16.0. The average Bonchev–Trinajstić information content (AvgIpc) is 3.11. The lowest BCUT2D eigenvalue weighted by molar-refractivity contribution is -0.121. The van der Waals surface area contributed by atoms with Gasteiger partial charge < -0.3 is 4.90 Å². The van der Waals surface area contributed by atoms with Crippen LogP contribution in [0.3, 0.4) is 0 Å². The van der Waals surface area contributed by atoms with E-state index in [9.17, 15) is 4.79 Å². The Morgan fingerprint density at radius 1 is 1.07 bits per heavy atom. The van der Waals surface area contributed by atoms with Gasteiger partial charge in [0.25, 0.3) is 0 Å². The van der Waals surface area contributed by atoms with Gasteiger partial charge in [-0.25, -0.2) is 0 Å². The molecule has 2 heterocycles. The largest absolute Gasteiger partial charge is 0.310 e. The summed E-state index contributed by atoms with van der Waals surface area (Å²) in [6, 6.07) is 14.8. The number of piperazine rings is 1. The molecular weight excluding hydrogens is 336 g/mol. The molecule has 1 aromatic heterocycles. The Morgan fingerprint density at radius 2 is 1.85 bits per heavy atom. The molecule has 1 N–H and O–H groups in total. The van der Waals surface area contributed by atoms with Crippen LogP contribution in [0.15, 0.2) is 48.7 Å². The van der Waals surface area contributed by atoms with Crippen molar-refractivity contribution in [1.82, 2.24) is 15.1 Å². The molecule has 5 heteroatoms. The Labute approximate surface area is 160 Å². The Bertz CT molecular complexity index is 929. The SMILES string of the molecule is CC(C)Cc1ccc(CN2CCN(c3ccc4[nH]ncc4c3)C(=O)C2)cc1. The summed E-state index contributed by atoms with van der Waals surface area (Å²) in [5.41, 5.74) is 4.59. The van der Waals surface area contributed by atoms with Crippen molar-refractivity contribution in [1.29, 1.82) is 0 Å². The second-order valence-electron chi connectivity index (χ2n) is 7.81. The van der Waals surface area contributed by atoms with Crippen molar-refractivity contribution in [3.63, 3.8) is 0 Å². The molecule has 1 aliphatic heterocycles. The van der Waals surface area contributed by atoms with Crippen LogP contribution in [0.4, 0.5) is 5.69 Å². The second kappa shape index (κ2) is 7.53. The van der Waals surface area contributed by atoms with Gasteiger partial charge in [-0.3, -0.25) is 14.8 Å². The van der Waals surface area contributed by atoms with E-state index in [1.165, 1.54) is 11.1 Å². The summed E-state index contributed by atoms with van der Waals surface area (Å²) in [7, 11) is 0. The Balaban J connectivity index is 1.39. The molecule has 2 aromatic carbocycles. The topological polar surface area (TPSA) is 52.2 Å². The number of fused-ring (bicyclic) bond motifs is 1. The first-order valence-electron chi connectivity index (χ1n) is 9.62. The first kappa shape index (κ1) is 17.7. The van der Waals surface area contributed by atoms with Gasteiger partial charge in [0, 0.05) is 30.7 Å². The third kappa shape index (κ3) is 4.03. The lowest BCUT2D eigenvalue weighted by Gasteiger charge is -2.34. The monoisotopic (exact) mass is 362 g/mol. The maximum absolute atomic E-state index is 12.7. The van der Waals surface area contributed by atoms with Gasteiger partial charge in [-0.2, -0.15) is 5.10 Å². The maximum Gasteiger partial charge on any atom is 0.241 e. The van der Waals surface area contributed by atoms with Crippen LogP contribution >= 0.6 is 0 Å². The van der Waals surface area contributed by atoms with Crippen LogP contribution in [0.1, 0.15) is 25.0 Å². The number of carbonyl (C=O) groups is 1. The molecule has 0 unspecified atom stereocenters. The maximum atomic E-state index is 12.7. The predicted molar refractivity (Wildman–Crippen MR) is 109 cm³/mol. The van der Waals surface area contributed by atoms with E-state index in [1.54, 1.807) is 6.20 Å². The van der Waals surface area contributed by atoms with Gasteiger partial charge in [0.2, 0.25) is 5.91 Å². The first-order valence-corrected chi connectivity index (χ1v) is 9.62. The normalized spacial score (nSPS) is 15.8. The quantitative estimate of drug-likeness (QED) is 0.754. The summed E-state index contributed by atoms with van der Waals surface area (Å²) in [4.78, 5) is 16.8. The third-order valence-corrected chi connectivity index (χ3v) is 5.11. The highest BCUT2D eigenvalue weighted by molar-refractivity contribution is 5.97. The number of aromatic amines is 1. The van der Waals surface area contributed by atoms with Crippen LogP contribution in [0.5, 0.6) is 0 Å². The van der Waals surface area contributed by atoms with Crippen LogP contribution < -0.4 is 4.90 Å². The third-order valence-electron chi connectivity index (χ3n) is 5.11. The van der Waals surface area contributed by atoms with Crippen LogP contribution in [0, 0.1) is 5.92 Å². The summed E-state index contributed by atoms with van der Waals surface area (Å²) in [6.45, 7) is 7.35. The lowest BCUT2D eigenvalue weighted by atomic mass is 10.0. The highest BCUT2D eigenvalue weighted by Gasteiger charge is 2.25. The van der Waals surface area contributed by atoms with Crippen LogP contribution in [-0.4, -0.2) is 40.6 Å². The number of rotatable bonds is 5. The van der Waals surface area contributed by atoms with Gasteiger partial charge in [-0.15, -0.1) is 0 Å². The summed E-state index contributed by atoms with van der Waals surface area (Å²) in [5, 5.41) is 8.03. The molecule has 0 spiro atoms. The van der Waals surface area contributed by atoms with E-state index in [-0.39, 0.29) is 5.91 Å². The van der Waals surface area contributed by atoms with E-state index in [4.69, 9.17) is 0 Å². The fourth-order valence-electron chi connectivity index (χ4n) is 3.74. The van der Waals surface area contributed by atoms with Crippen LogP contribution in [0.25, 0.3) is 10.9 Å². The molecule has 140 valence electrons. The zero-order valence-electron chi connectivity index (χ0n) is 16.0. The molecule has 27 heavy (non-hydrogen) atoms. The molecule has 5 nitrogen and oxygen atoms in total. The van der Waals surface area contributed by atoms with E-state index in [2.05, 4.69) is 53.2 Å². The van der Waals surface area contributed by atoms with E-state index in [0.717, 1.165) is 36.1 Å². The highest BCUT2D eigenvalue weighted by atomic mass is 16.2. The van der Waals surface area contributed by atoms with E-state index >= 15 is 0 Å². The molecule has 0 atom stereocenters. The van der Waals surface area contributed by atoms with E-state index in [1.807, 2.05) is 23.1 Å². The molecule has 0 saturated carbocycles. The highest BCUT2D eigenvalue weighted by Crippen LogP contribution is 2.23. The Morgan fingerprint density at radius 3 is 2.59 bits per heavy atom. The lowest BCUT2D eigenvalue weighted by Crippen LogP contribution is -2.50. The Hall–Kier alpha value is -2.66. The van der Waals surface area contributed by atoms with Gasteiger partial charge in [0.1, 0.15) is 0 Å². The molecule has 4 rings (SSSR count). The van der Waals surface area contributed by atoms with Crippen molar-refractivity contribution >= 4 is 22.5 Å². The fraction of sp³-hybridized carbons (Fsp3) is 0.364. The van der Waals surface area contributed by atoms with Crippen molar-refractivity contribution in [2.75, 3.05) is 24.5 Å². The number of hydrogen-bond donors (Lipinski definition) is 1. The van der Waals surface area contributed by atoms with Crippen LogP contribution in [0.2, 0.25) is 0 Å². The van der Waals surface area contributed by atoms with Gasteiger partial charge in [-0.1, -0.05) is 38.1 Å². The number of carbonyl (C=O) groups excluding carboxylic acids is 1. The molecule has 0 bridgehead atoms.